The summed E-state index contributed by atoms with van der Waals surface area (Å²) < 4.78 is 10.5. The highest BCUT2D eigenvalue weighted by atomic mass is 16.6. The number of esters is 1. The second-order valence-corrected chi connectivity index (χ2v) is 5.07. The second kappa shape index (κ2) is 6.37. The number of hydrogen-bond acceptors (Lipinski definition) is 5. The molecule has 0 radical (unpaired) electrons. The van der Waals surface area contributed by atoms with Crippen molar-refractivity contribution in [1.82, 2.24) is 0 Å². The van der Waals surface area contributed by atoms with Crippen molar-refractivity contribution in [2.75, 3.05) is 0 Å². The van der Waals surface area contributed by atoms with Crippen LogP contribution in [0.1, 0.15) is 22.2 Å². The molecule has 0 bridgehead atoms. The van der Waals surface area contributed by atoms with Crippen LogP contribution < -0.4 is 11.2 Å². The zero-order chi connectivity index (χ0) is 17.1. The van der Waals surface area contributed by atoms with Crippen LogP contribution >= 0.6 is 0 Å². The van der Waals surface area contributed by atoms with Crippen molar-refractivity contribution in [1.29, 1.82) is 0 Å². The highest BCUT2D eigenvalue weighted by Crippen LogP contribution is 2.20. The van der Waals surface area contributed by atoms with Crippen LogP contribution in [-0.2, 0) is 9.53 Å². The van der Waals surface area contributed by atoms with Gasteiger partial charge in [0.1, 0.15) is 5.58 Å². The summed E-state index contributed by atoms with van der Waals surface area (Å²) in [5, 5.41) is 0.351. The topological polar surface area (TPSA) is 99.6 Å². The van der Waals surface area contributed by atoms with Gasteiger partial charge in [0, 0.05) is 11.6 Å². The van der Waals surface area contributed by atoms with Crippen LogP contribution in [0.2, 0.25) is 0 Å². The number of benzene rings is 2. The molecule has 0 aliphatic rings. The zero-order valence-corrected chi connectivity index (χ0v) is 12.5. The molecule has 1 amide bonds. The van der Waals surface area contributed by atoms with Crippen molar-refractivity contribution in [3.05, 3.63) is 82.2 Å². The molecule has 0 spiro atoms. The van der Waals surface area contributed by atoms with Gasteiger partial charge in [0.2, 0.25) is 11.9 Å². The molecule has 6 heteroatoms. The number of carbonyl (C=O) groups is 2. The van der Waals surface area contributed by atoms with E-state index in [2.05, 4.69) is 0 Å². The first-order chi connectivity index (χ1) is 11.6. The molecule has 0 saturated carbocycles. The van der Waals surface area contributed by atoms with Crippen molar-refractivity contribution in [3.8, 4) is 0 Å². The third kappa shape index (κ3) is 3.03. The van der Waals surface area contributed by atoms with E-state index in [1.54, 1.807) is 54.6 Å². The Morgan fingerprint density at radius 3 is 2.38 bits per heavy atom. The number of fused-ring (bicyclic) bond motifs is 1. The summed E-state index contributed by atoms with van der Waals surface area (Å²) in [4.78, 5) is 35.9. The predicted molar refractivity (Wildman–Crippen MR) is 86.3 cm³/mol. The number of carbonyl (C=O) groups excluding carboxylic acids is 2. The maximum absolute atomic E-state index is 12.3. The van der Waals surface area contributed by atoms with Gasteiger partial charge in [0.05, 0.1) is 5.39 Å². The molecule has 1 heterocycles. The Balaban J connectivity index is 1.94. The number of hydrogen-bond donors (Lipinski definition) is 1. The molecule has 1 atom stereocenters. The minimum atomic E-state index is -1.27. The van der Waals surface area contributed by atoms with Crippen LogP contribution in [0, 0.1) is 0 Å². The fourth-order valence-corrected chi connectivity index (χ4v) is 2.29. The summed E-state index contributed by atoms with van der Waals surface area (Å²) in [5.74, 6) is -2.05. The molecular formula is C18H13NO5. The van der Waals surface area contributed by atoms with Crippen LogP contribution in [0.5, 0.6) is 0 Å². The Labute approximate surface area is 136 Å². The first kappa shape index (κ1) is 15.5. The zero-order valence-electron chi connectivity index (χ0n) is 12.5. The van der Waals surface area contributed by atoms with E-state index in [4.69, 9.17) is 14.9 Å². The van der Waals surface area contributed by atoms with Gasteiger partial charge in [-0.05, 0) is 12.1 Å². The van der Waals surface area contributed by atoms with Crippen LogP contribution in [0.15, 0.2) is 69.9 Å². The van der Waals surface area contributed by atoms with E-state index in [1.807, 2.05) is 0 Å². The fraction of sp³-hybridized carbons (Fsp3) is 0.0556. The van der Waals surface area contributed by atoms with Crippen LogP contribution in [-0.4, -0.2) is 11.9 Å². The molecule has 0 unspecified atom stereocenters. The largest absolute Gasteiger partial charge is 0.449 e. The van der Waals surface area contributed by atoms with E-state index in [9.17, 15) is 14.4 Å². The Morgan fingerprint density at radius 2 is 1.67 bits per heavy atom. The van der Waals surface area contributed by atoms with Gasteiger partial charge < -0.3 is 14.9 Å². The fourth-order valence-electron chi connectivity index (χ4n) is 2.29. The van der Waals surface area contributed by atoms with E-state index in [0.29, 0.717) is 10.9 Å². The molecule has 1 aromatic heterocycles. The Hall–Kier alpha value is -3.41. The number of nitrogens with two attached hydrogens (primary N) is 1. The quantitative estimate of drug-likeness (QED) is 0.742. The summed E-state index contributed by atoms with van der Waals surface area (Å²) in [7, 11) is 0. The van der Waals surface area contributed by atoms with Crippen molar-refractivity contribution >= 4 is 22.8 Å². The van der Waals surface area contributed by atoms with Crippen molar-refractivity contribution in [2.45, 2.75) is 6.10 Å². The molecule has 3 rings (SSSR count). The number of primary amides is 1. The van der Waals surface area contributed by atoms with E-state index in [-0.39, 0.29) is 16.8 Å². The summed E-state index contributed by atoms with van der Waals surface area (Å²) >= 11 is 0. The Bertz CT molecular complexity index is 962. The van der Waals surface area contributed by atoms with Gasteiger partial charge in [-0.3, -0.25) is 9.59 Å². The van der Waals surface area contributed by atoms with Gasteiger partial charge in [-0.15, -0.1) is 0 Å². The number of ether oxygens (including phenoxy) is 1. The van der Waals surface area contributed by atoms with Gasteiger partial charge in [0.15, 0.2) is 5.43 Å². The minimum absolute atomic E-state index is 0.257. The van der Waals surface area contributed by atoms with Gasteiger partial charge in [-0.25, -0.2) is 4.79 Å². The number of amides is 1. The van der Waals surface area contributed by atoms with E-state index in [0.717, 1.165) is 6.07 Å². The van der Waals surface area contributed by atoms with Crippen LogP contribution in [0.25, 0.3) is 11.0 Å². The maximum Gasteiger partial charge on any atom is 0.375 e. The van der Waals surface area contributed by atoms with Crippen LogP contribution in [0.3, 0.4) is 0 Å². The van der Waals surface area contributed by atoms with Gasteiger partial charge in [-0.1, -0.05) is 42.5 Å². The van der Waals surface area contributed by atoms with E-state index >= 15 is 0 Å². The summed E-state index contributed by atoms with van der Waals surface area (Å²) in [5.41, 5.74) is 5.62. The van der Waals surface area contributed by atoms with Gasteiger partial charge >= 0.3 is 5.97 Å². The van der Waals surface area contributed by atoms with Crippen LogP contribution in [0.4, 0.5) is 0 Å². The average molecular weight is 323 g/mol. The Morgan fingerprint density at radius 1 is 1.00 bits per heavy atom. The molecule has 0 aliphatic carbocycles. The van der Waals surface area contributed by atoms with Crippen molar-refractivity contribution < 1.29 is 18.7 Å². The molecule has 6 nitrogen and oxygen atoms in total. The normalized spacial score (nSPS) is 11.8. The lowest BCUT2D eigenvalue weighted by Gasteiger charge is -2.14. The molecule has 2 N–H and O–H groups in total. The summed E-state index contributed by atoms with van der Waals surface area (Å²) in [6.07, 6.45) is -1.27. The van der Waals surface area contributed by atoms with Crippen molar-refractivity contribution in [3.63, 3.8) is 0 Å². The minimum Gasteiger partial charge on any atom is -0.449 e. The van der Waals surface area contributed by atoms with Gasteiger partial charge in [-0.2, -0.15) is 0 Å². The lowest BCUT2D eigenvalue weighted by atomic mass is 10.1. The third-order valence-corrected chi connectivity index (χ3v) is 3.42. The maximum atomic E-state index is 12.3. The van der Waals surface area contributed by atoms with E-state index in [1.165, 1.54) is 0 Å². The second-order valence-electron chi connectivity index (χ2n) is 5.07. The summed E-state index contributed by atoms with van der Waals surface area (Å²) in [6.45, 7) is 0. The average Bonchev–Trinajstić information content (AvgIpc) is 2.60. The third-order valence-electron chi connectivity index (χ3n) is 3.42. The lowest BCUT2D eigenvalue weighted by molar-refractivity contribution is -0.127. The first-order valence-electron chi connectivity index (χ1n) is 7.14. The SMILES string of the molecule is NC(=O)[C@H](OC(=O)c1cc(=O)c2ccccc2o1)c1ccccc1. The molecule has 2 aromatic carbocycles. The van der Waals surface area contributed by atoms with Crippen molar-refractivity contribution in [2.24, 2.45) is 5.73 Å². The molecular weight excluding hydrogens is 310 g/mol. The predicted octanol–water partition coefficient (Wildman–Crippen LogP) is 2.18. The lowest BCUT2D eigenvalue weighted by Crippen LogP contribution is -2.26. The molecule has 120 valence electrons. The standard InChI is InChI=1S/C18H13NO5/c19-17(21)16(11-6-2-1-3-7-11)24-18(22)15-10-13(20)12-8-4-5-9-14(12)23-15/h1-10,16H,(H2,19,21)/t16-/m1/s1. The highest BCUT2D eigenvalue weighted by Gasteiger charge is 2.25. The molecule has 0 saturated heterocycles. The number of rotatable bonds is 4. The highest BCUT2D eigenvalue weighted by molar-refractivity contribution is 5.91. The molecule has 3 aromatic rings. The molecule has 0 aliphatic heterocycles. The monoisotopic (exact) mass is 323 g/mol. The number of para-hydroxylation sites is 1. The summed E-state index contributed by atoms with van der Waals surface area (Å²) in [6, 6.07) is 15.9. The van der Waals surface area contributed by atoms with Gasteiger partial charge in [0.25, 0.3) is 5.91 Å². The Kier molecular flexibility index (Phi) is 4.11. The molecule has 0 fully saturated rings. The molecule has 24 heavy (non-hydrogen) atoms. The smallest absolute Gasteiger partial charge is 0.375 e. The first-order valence-corrected chi connectivity index (χ1v) is 7.14. The van der Waals surface area contributed by atoms with E-state index < -0.39 is 18.0 Å².